The Morgan fingerprint density at radius 3 is 2.25 bits per heavy atom. The predicted octanol–water partition coefficient (Wildman–Crippen LogP) is 0.593. The average Bonchev–Trinajstić information content (AvgIpc) is 2.71. The first kappa shape index (κ1) is 16.7. The number of carbonyl (C=O) groups is 2. The van der Waals surface area contributed by atoms with Crippen LogP contribution < -0.4 is 5.73 Å². The highest BCUT2D eigenvalue weighted by Crippen LogP contribution is 2.27. The van der Waals surface area contributed by atoms with Gasteiger partial charge in [0, 0.05) is 20.1 Å². The van der Waals surface area contributed by atoms with Crippen LogP contribution in [0.5, 0.6) is 0 Å². The van der Waals surface area contributed by atoms with Crippen molar-refractivity contribution in [3.05, 3.63) is 0 Å². The van der Waals surface area contributed by atoms with Crippen LogP contribution in [-0.2, 0) is 9.59 Å². The molecule has 0 aliphatic heterocycles. The van der Waals surface area contributed by atoms with Gasteiger partial charge in [0.2, 0.25) is 11.8 Å². The summed E-state index contributed by atoms with van der Waals surface area (Å²) >= 11 is 0. The normalized spacial score (nSPS) is 22.7. The van der Waals surface area contributed by atoms with Crippen molar-refractivity contribution in [2.24, 2.45) is 11.7 Å². The monoisotopic (exact) mass is 295 g/mol. The third-order valence-corrected chi connectivity index (χ3v) is 3.39. The molecule has 1 fully saturated rings. The molecule has 0 aromatic carbocycles. The third-order valence-electron chi connectivity index (χ3n) is 3.39. The van der Waals surface area contributed by atoms with Gasteiger partial charge in [-0.25, -0.2) is 0 Å². The standard InChI is InChI=1S/C12H20F3N3O2/c1-17(2)10(19)6-18(7-12(13,14)15)11(20)8-4-3-5-9(8)16/h8-9H,3-7,16H2,1-2H3. The molecule has 0 bridgehead atoms. The molecule has 2 atom stereocenters. The molecular formula is C12H20F3N3O2. The Hall–Kier alpha value is -1.31. The van der Waals surface area contributed by atoms with Crippen LogP contribution in [0.4, 0.5) is 13.2 Å². The van der Waals surface area contributed by atoms with Crippen molar-refractivity contribution in [3.63, 3.8) is 0 Å². The van der Waals surface area contributed by atoms with Crippen LogP contribution in [0.25, 0.3) is 0 Å². The number of carbonyl (C=O) groups excluding carboxylic acids is 2. The lowest BCUT2D eigenvalue weighted by Gasteiger charge is -2.28. The van der Waals surface area contributed by atoms with Crippen LogP contribution >= 0.6 is 0 Å². The van der Waals surface area contributed by atoms with E-state index in [2.05, 4.69) is 0 Å². The number of nitrogens with two attached hydrogens (primary N) is 1. The summed E-state index contributed by atoms with van der Waals surface area (Å²) in [6.45, 7) is -2.00. The van der Waals surface area contributed by atoms with Crippen LogP contribution in [-0.4, -0.2) is 61.0 Å². The summed E-state index contributed by atoms with van der Waals surface area (Å²) in [5.74, 6) is -1.84. The highest BCUT2D eigenvalue weighted by Gasteiger charge is 2.39. The maximum atomic E-state index is 12.6. The van der Waals surface area contributed by atoms with Gasteiger partial charge in [0.25, 0.3) is 0 Å². The maximum Gasteiger partial charge on any atom is 0.406 e. The van der Waals surface area contributed by atoms with E-state index >= 15 is 0 Å². The van der Waals surface area contributed by atoms with Crippen LogP contribution in [0.2, 0.25) is 0 Å². The van der Waals surface area contributed by atoms with Crippen molar-refractivity contribution in [1.29, 1.82) is 0 Å². The molecule has 5 nitrogen and oxygen atoms in total. The fourth-order valence-corrected chi connectivity index (χ4v) is 2.26. The lowest BCUT2D eigenvalue weighted by atomic mass is 10.0. The van der Waals surface area contributed by atoms with E-state index in [9.17, 15) is 22.8 Å². The summed E-state index contributed by atoms with van der Waals surface area (Å²) in [6.07, 6.45) is -2.72. The molecule has 2 N–H and O–H groups in total. The van der Waals surface area contributed by atoms with Crippen LogP contribution in [0.1, 0.15) is 19.3 Å². The van der Waals surface area contributed by atoms with E-state index in [0.717, 1.165) is 11.3 Å². The average molecular weight is 295 g/mol. The second-order valence-corrected chi connectivity index (χ2v) is 5.30. The number of likely N-dealkylation sites (N-methyl/N-ethyl adjacent to an activating group) is 1. The largest absolute Gasteiger partial charge is 0.406 e. The molecule has 0 heterocycles. The van der Waals surface area contributed by atoms with Crippen LogP contribution in [0.15, 0.2) is 0 Å². The third kappa shape index (κ3) is 4.66. The number of nitrogens with zero attached hydrogens (tertiary/aromatic N) is 2. The van der Waals surface area contributed by atoms with Crippen molar-refractivity contribution in [2.45, 2.75) is 31.5 Å². The van der Waals surface area contributed by atoms with E-state index in [4.69, 9.17) is 5.73 Å². The van der Waals surface area contributed by atoms with Gasteiger partial charge < -0.3 is 15.5 Å². The summed E-state index contributed by atoms with van der Waals surface area (Å²) in [5, 5.41) is 0. The predicted molar refractivity (Wildman–Crippen MR) is 66.6 cm³/mol. The Bertz CT molecular complexity index is 371. The number of hydrogen-bond acceptors (Lipinski definition) is 3. The minimum Gasteiger partial charge on any atom is -0.347 e. The van der Waals surface area contributed by atoms with Crippen molar-refractivity contribution in [3.8, 4) is 0 Å². The van der Waals surface area contributed by atoms with E-state index in [1.807, 2.05) is 0 Å². The summed E-state index contributed by atoms with van der Waals surface area (Å²) < 4.78 is 37.7. The number of alkyl halides is 3. The molecule has 20 heavy (non-hydrogen) atoms. The van der Waals surface area contributed by atoms with Gasteiger partial charge in [-0.3, -0.25) is 9.59 Å². The van der Waals surface area contributed by atoms with Gasteiger partial charge in [-0.2, -0.15) is 13.2 Å². The summed E-state index contributed by atoms with van der Waals surface area (Å²) in [6, 6.07) is -0.423. The second-order valence-electron chi connectivity index (χ2n) is 5.30. The Morgan fingerprint density at radius 2 is 1.85 bits per heavy atom. The molecule has 1 aliphatic carbocycles. The maximum absolute atomic E-state index is 12.6. The van der Waals surface area contributed by atoms with Gasteiger partial charge >= 0.3 is 6.18 Å². The van der Waals surface area contributed by atoms with Crippen molar-refractivity contribution in [1.82, 2.24) is 9.80 Å². The highest BCUT2D eigenvalue weighted by molar-refractivity contribution is 5.86. The second kappa shape index (κ2) is 6.43. The van der Waals surface area contributed by atoms with Gasteiger partial charge in [0.1, 0.15) is 13.1 Å². The molecule has 0 aromatic rings. The fraction of sp³-hybridized carbons (Fsp3) is 0.833. The molecular weight excluding hydrogens is 275 g/mol. The minimum absolute atomic E-state index is 0.423. The molecule has 0 radical (unpaired) electrons. The van der Waals surface area contributed by atoms with Gasteiger partial charge in [-0.1, -0.05) is 6.42 Å². The van der Waals surface area contributed by atoms with Crippen molar-refractivity contribution in [2.75, 3.05) is 27.2 Å². The topological polar surface area (TPSA) is 66.6 Å². The molecule has 2 amide bonds. The van der Waals surface area contributed by atoms with Gasteiger partial charge in [-0.05, 0) is 12.8 Å². The molecule has 1 rings (SSSR count). The van der Waals surface area contributed by atoms with Crippen molar-refractivity contribution >= 4 is 11.8 Å². The smallest absolute Gasteiger partial charge is 0.347 e. The Morgan fingerprint density at radius 1 is 1.25 bits per heavy atom. The van der Waals surface area contributed by atoms with E-state index in [-0.39, 0.29) is 0 Å². The fourth-order valence-electron chi connectivity index (χ4n) is 2.26. The summed E-state index contributed by atoms with van der Waals surface area (Å²) in [4.78, 5) is 25.5. The molecule has 2 unspecified atom stereocenters. The van der Waals surface area contributed by atoms with E-state index in [1.165, 1.54) is 14.1 Å². The molecule has 1 aliphatic rings. The number of amides is 2. The molecule has 8 heteroatoms. The Kier molecular flexibility index (Phi) is 5.38. The SMILES string of the molecule is CN(C)C(=O)CN(CC(F)(F)F)C(=O)C1CCCC1N. The molecule has 0 spiro atoms. The molecule has 1 saturated carbocycles. The van der Waals surface area contributed by atoms with Crippen LogP contribution in [0.3, 0.4) is 0 Å². The molecule has 116 valence electrons. The lowest BCUT2D eigenvalue weighted by molar-refractivity contribution is -0.166. The number of halogens is 3. The minimum atomic E-state index is -4.54. The first-order valence-corrected chi connectivity index (χ1v) is 6.43. The molecule has 0 aromatic heterocycles. The molecule has 0 saturated heterocycles. The summed E-state index contributed by atoms with van der Waals surface area (Å²) in [7, 11) is 2.86. The van der Waals surface area contributed by atoms with Gasteiger partial charge in [0.05, 0.1) is 5.92 Å². The first-order chi connectivity index (χ1) is 9.11. The number of hydrogen-bond donors (Lipinski definition) is 1. The first-order valence-electron chi connectivity index (χ1n) is 6.43. The number of rotatable bonds is 4. The zero-order valence-corrected chi connectivity index (χ0v) is 11.6. The van der Waals surface area contributed by atoms with Gasteiger partial charge in [-0.15, -0.1) is 0 Å². The Labute approximate surface area is 115 Å². The summed E-state index contributed by atoms with van der Waals surface area (Å²) in [5.41, 5.74) is 5.75. The zero-order chi connectivity index (χ0) is 15.5. The van der Waals surface area contributed by atoms with Crippen molar-refractivity contribution < 1.29 is 22.8 Å². The van der Waals surface area contributed by atoms with E-state index in [0.29, 0.717) is 17.7 Å². The zero-order valence-electron chi connectivity index (χ0n) is 11.6. The highest BCUT2D eigenvalue weighted by atomic mass is 19.4. The lowest BCUT2D eigenvalue weighted by Crippen LogP contribution is -2.49. The Balaban J connectivity index is 2.80. The van der Waals surface area contributed by atoms with E-state index in [1.54, 1.807) is 0 Å². The quantitative estimate of drug-likeness (QED) is 0.825. The van der Waals surface area contributed by atoms with Crippen LogP contribution in [0, 0.1) is 5.92 Å². The van der Waals surface area contributed by atoms with E-state index < -0.39 is 43.0 Å². The van der Waals surface area contributed by atoms with Gasteiger partial charge in [0.15, 0.2) is 0 Å².